The Labute approximate surface area is 115 Å². The van der Waals surface area contributed by atoms with E-state index in [1.807, 2.05) is 17.0 Å². The topological polar surface area (TPSA) is 59.2 Å². The molecule has 19 heavy (non-hydrogen) atoms. The average molecular weight is 261 g/mol. The number of carbonyl (C=O) groups is 1. The van der Waals surface area contributed by atoms with E-state index in [4.69, 9.17) is 5.73 Å². The molecule has 2 atom stereocenters. The van der Waals surface area contributed by atoms with Gasteiger partial charge in [-0.1, -0.05) is 6.92 Å². The molecular formula is C15H23N3O. The summed E-state index contributed by atoms with van der Waals surface area (Å²) in [5, 5.41) is 0. The lowest BCUT2D eigenvalue weighted by molar-refractivity contribution is -0.133. The second-order valence-electron chi connectivity index (χ2n) is 5.46. The third-order valence-electron chi connectivity index (χ3n) is 4.15. The quantitative estimate of drug-likeness (QED) is 0.892. The van der Waals surface area contributed by atoms with E-state index < -0.39 is 0 Å². The fourth-order valence-corrected chi connectivity index (χ4v) is 2.64. The zero-order valence-corrected chi connectivity index (χ0v) is 11.6. The first-order valence-corrected chi connectivity index (χ1v) is 7.07. The van der Waals surface area contributed by atoms with Crippen LogP contribution >= 0.6 is 0 Å². The van der Waals surface area contributed by atoms with Gasteiger partial charge in [-0.05, 0) is 48.9 Å². The highest BCUT2D eigenvalue weighted by Crippen LogP contribution is 2.22. The molecule has 1 aliphatic rings. The summed E-state index contributed by atoms with van der Waals surface area (Å²) in [6.07, 6.45) is 5.99. The summed E-state index contributed by atoms with van der Waals surface area (Å²) in [4.78, 5) is 18.2. The summed E-state index contributed by atoms with van der Waals surface area (Å²) in [5.74, 6) is 1.34. The number of hydrogen-bond donors (Lipinski definition) is 1. The largest absolute Gasteiger partial charge is 0.342 e. The molecule has 0 bridgehead atoms. The first-order valence-electron chi connectivity index (χ1n) is 7.07. The summed E-state index contributed by atoms with van der Waals surface area (Å²) < 4.78 is 0. The van der Waals surface area contributed by atoms with E-state index in [0.29, 0.717) is 24.8 Å². The van der Waals surface area contributed by atoms with Crippen LogP contribution in [0.1, 0.15) is 25.3 Å². The Kier molecular flexibility index (Phi) is 4.91. The number of likely N-dealkylation sites (tertiary alicyclic amines) is 1. The van der Waals surface area contributed by atoms with E-state index in [-0.39, 0.29) is 5.91 Å². The molecule has 1 saturated heterocycles. The van der Waals surface area contributed by atoms with Crippen molar-refractivity contribution in [1.82, 2.24) is 9.88 Å². The van der Waals surface area contributed by atoms with Crippen molar-refractivity contribution in [3.05, 3.63) is 30.1 Å². The number of pyridine rings is 1. The number of aryl methyl sites for hydroxylation is 1. The summed E-state index contributed by atoms with van der Waals surface area (Å²) in [5.41, 5.74) is 6.95. The van der Waals surface area contributed by atoms with Gasteiger partial charge in [0, 0.05) is 31.9 Å². The maximum atomic E-state index is 12.2. The Bertz CT molecular complexity index is 407. The standard InChI is InChI=1S/C15H23N3O/c1-12-6-9-18(11-14(12)10-16)15(19)3-2-13-4-7-17-8-5-13/h4-5,7-8,12,14H,2-3,6,9-11,16H2,1H3. The molecule has 0 spiro atoms. The molecule has 0 radical (unpaired) electrons. The van der Waals surface area contributed by atoms with Crippen LogP contribution in [-0.4, -0.2) is 35.4 Å². The van der Waals surface area contributed by atoms with E-state index in [0.717, 1.165) is 25.9 Å². The van der Waals surface area contributed by atoms with Gasteiger partial charge in [0.2, 0.25) is 5.91 Å². The minimum absolute atomic E-state index is 0.252. The van der Waals surface area contributed by atoms with E-state index in [1.165, 1.54) is 5.56 Å². The molecule has 0 saturated carbocycles. The molecule has 4 heteroatoms. The van der Waals surface area contributed by atoms with Crippen molar-refractivity contribution in [3.63, 3.8) is 0 Å². The van der Waals surface area contributed by atoms with E-state index in [1.54, 1.807) is 12.4 Å². The molecule has 2 unspecified atom stereocenters. The first-order chi connectivity index (χ1) is 9.20. The number of carbonyl (C=O) groups excluding carboxylic acids is 1. The minimum Gasteiger partial charge on any atom is -0.342 e. The fourth-order valence-electron chi connectivity index (χ4n) is 2.64. The molecule has 1 aromatic rings. The average Bonchev–Trinajstić information content (AvgIpc) is 2.46. The van der Waals surface area contributed by atoms with Gasteiger partial charge in [0.25, 0.3) is 0 Å². The van der Waals surface area contributed by atoms with Crippen LogP contribution in [0.5, 0.6) is 0 Å². The lowest BCUT2D eigenvalue weighted by Crippen LogP contribution is -2.45. The number of amides is 1. The molecule has 2 N–H and O–H groups in total. The van der Waals surface area contributed by atoms with Gasteiger partial charge < -0.3 is 10.6 Å². The maximum Gasteiger partial charge on any atom is 0.222 e. The van der Waals surface area contributed by atoms with Gasteiger partial charge in [0.1, 0.15) is 0 Å². The third kappa shape index (κ3) is 3.77. The van der Waals surface area contributed by atoms with Crippen molar-refractivity contribution >= 4 is 5.91 Å². The molecule has 2 heterocycles. The molecular weight excluding hydrogens is 238 g/mol. The minimum atomic E-state index is 0.252. The van der Waals surface area contributed by atoms with Crippen LogP contribution < -0.4 is 5.73 Å². The fraction of sp³-hybridized carbons (Fsp3) is 0.600. The molecule has 1 fully saturated rings. The van der Waals surface area contributed by atoms with Gasteiger partial charge in [-0.3, -0.25) is 9.78 Å². The van der Waals surface area contributed by atoms with Gasteiger partial charge in [0.05, 0.1) is 0 Å². The van der Waals surface area contributed by atoms with Crippen molar-refractivity contribution in [1.29, 1.82) is 0 Å². The van der Waals surface area contributed by atoms with Crippen LogP contribution in [0.4, 0.5) is 0 Å². The van der Waals surface area contributed by atoms with Gasteiger partial charge in [-0.25, -0.2) is 0 Å². The molecule has 4 nitrogen and oxygen atoms in total. The van der Waals surface area contributed by atoms with Crippen molar-refractivity contribution in [2.24, 2.45) is 17.6 Å². The molecule has 1 amide bonds. The van der Waals surface area contributed by atoms with Crippen LogP contribution in [0.15, 0.2) is 24.5 Å². The second-order valence-corrected chi connectivity index (χ2v) is 5.46. The normalized spacial score (nSPS) is 23.4. The molecule has 2 rings (SSSR count). The Hall–Kier alpha value is -1.42. The van der Waals surface area contributed by atoms with Crippen molar-refractivity contribution < 1.29 is 4.79 Å². The Morgan fingerprint density at radius 1 is 1.47 bits per heavy atom. The van der Waals surface area contributed by atoms with Gasteiger partial charge in [0.15, 0.2) is 0 Å². The summed E-state index contributed by atoms with van der Waals surface area (Å²) >= 11 is 0. The molecule has 1 aromatic heterocycles. The lowest BCUT2D eigenvalue weighted by atomic mass is 9.87. The predicted octanol–water partition coefficient (Wildman–Crippen LogP) is 1.46. The van der Waals surface area contributed by atoms with E-state index in [9.17, 15) is 4.79 Å². The van der Waals surface area contributed by atoms with Gasteiger partial charge >= 0.3 is 0 Å². The SMILES string of the molecule is CC1CCN(C(=O)CCc2ccncc2)CC1CN. The predicted molar refractivity (Wildman–Crippen MR) is 75.5 cm³/mol. The van der Waals surface area contributed by atoms with Crippen molar-refractivity contribution in [3.8, 4) is 0 Å². The number of nitrogens with two attached hydrogens (primary N) is 1. The highest BCUT2D eigenvalue weighted by molar-refractivity contribution is 5.76. The lowest BCUT2D eigenvalue weighted by Gasteiger charge is -2.36. The Balaban J connectivity index is 1.83. The maximum absolute atomic E-state index is 12.2. The summed E-state index contributed by atoms with van der Waals surface area (Å²) in [7, 11) is 0. The number of rotatable bonds is 4. The highest BCUT2D eigenvalue weighted by Gasteiger charge is 2.27. The number of piperidine rings is 1. The summed E-state index contributed by atoms with van der Waals surface area (Å²) in [6.45, 7) is 4.62. The van der Waals surface area contributed by atoms with Crippen LogP contribution in [0, 0.1) is 11.8 Å². The van der Waals surface area contributed by atoms with Crippen LogP contribution in [0.3, 0.4) is 0 Å². The van der Waals surface area contributed by atoms with Crippen LogP contribution in [0.25, 0.3) is 0 Å². The van der Waals surface area contributed by atoms with E-state index >= 15 is 0 Å². The highest BCUT2D eigenvalue weighted by atomic mass is 16.2. The number of aromatic nitrogens is 1. The zero-order valence-electron chi connectivity index (χ0n) is 11.6. The third-order valence-corrected chi connectivity index (χ3v) is 4.15. The smallest absolute Gasteiger partial charge is 0.222 e. The molecule has 104 valence electrons. The molecule has 1 aliphatic heterocycles. The Morgan fingerprint density at radius 3 is 2.89 bits per heavy atom. The van der Waals surface area contributed by atoms with Crippen molar-refractivity contribution in [2.45, 2.75) is 26.2 Å². The van der Waals surface area contributed by atoms with Gasteiger partial charge in [-0.15, -0.1) is 0 Å². The molecule has 0 aliphatic carbocycles. The number of hydrogen-bond acceptors (Lipinski definition) is 3. The van der Waals surface area contributed by atoms with E-state index in [2.05, 4.69) is 11.9 Å². The van der Waals surface area contributed by atoms with Crippen LogP contribution in [0.2, 0.25) is 0 Å². The van der Waals surface area contributed by atoms with Crippen LogP contribution in [-0.2, 0) is 11.2 Å². The summed E-state index contributed by atoms with van der Waals surface area (Å²) in [6, 6.07) is 3.93. The van der Waals surface area contributed by atoms with Crippen molar-refractivity contribution in [2.75, 3.05) is 19.6 Å². The Morgan fingerprint density at radius 2 is 2.21 bits per heavy atom. The second kappa shape index (κ2) is 6.66. The monoisotopic (exact) mass is 261 g/mol. The van der Waals surface area contributed by atoms with Gasteiger partial charge in [-0.2, -0.15) is 0 Å². The first kappa shape index (κ1) is 14.0. The zero-order chi connectivity index (χ0) is 13.7. The molecule has 0 aromatic carbocycles. The number of nitrogens with zero attached hydrogens (tertiary/aromatic N) is 2.